The van der Waals surface area contributed by atoms with Crippen molar-refractivity contribution in [3.8, 4) is 0 Å². The van der Waals surface area contributed by atoms with E-state index in [0.29, 0.717) is 25.9 Å². The number of aromatic nitrogens is 3. The predicted octanol–water partition coefficient (Wildman–Crippen LogP) is 3.10. The summed E-state index contributed by atoms with van der Waals surface area (Å²) < 4.78 is 1.80. The Morgan fingerprint density at radius 2 is 1.84 bits per heavy atom. The zero-order valence-electron chi connectivity index (χ0n) is 22.6. The van der Waals surface area contributed by atoms with Gasteiger partial charge in [-0.3, -0.25) is 9.59 Å². The molecule has 2 atom stereocenters. The Hall–Kier alpha value is -3.17. The average Bonchev–Trinajstić information content (AvgIpc) is 3.53. The number of halogens is 1. The maximum Gasteiger partial charge on any atom is 0.233 e. The molecule has 2 saturated heterocycles. The van der Waals surface area contributed by atoms with Crippen molar-refractivity contribution in [2.45, 2.75) is 57.5 Å². The lowest BCUT2D eigenvalue weighted by molar-refractivity contribution is -0.143. The van der Waals surface area contributed by atoms with Crippen LogP contribution in [0.2, 0.25) is 0 Å². The summed E-state index contributed by atoms with van der Waals surface area (Å²) in [5, 5.41) is 4.80. The molecule has 1 aromatic carbocycles. The SMILES string of the molecule is CC(=O)N1CCC(C(=O)N(C)[C@@H](C)c2cc3nc(N4CC[C@H](N)C4)c(C)cn3n2)(c2ccccc2)CC1.Cl. The van der Waals surface area contributed by atoms with Crippen LogP contribution in [-0.4, -0.2) is 75.5 Å². The zero-order valence-corrected chi connectivity index (χ0v) is 23.4. The standard InChI is InChI=1S/C28H37N7O2.ClH/c1-19-17-35-25(30-26(19)34-13-10-23(29)18-34)16-24(31-35)20(2)32(4)27(37)28(22-8-6-5-7-9-22)11-14-33(15-12-28)21(3)36;/h5-9,16-17,20,23H,10-15,18,29H2,1-4H3;1H/t20-,23-;/m0./s1. The molecule has 5 rings (SSSR count). The number of rotatable bonds is 5. The van der Waals surface area contributed by atoms with Gasteiger partial charge < -0.3 is 20.4 Å². The number of aryl methyl sites for hydroxylation is 1. The van der Waals surface area contributed by atoms with Crippen LogP contribution in [0.3, 0.4) is 0 Å². The number of piperidine rings is 1. The molecule has 2 fully saturated rings. The molecule has 0 aliphatic carbocycles. The molecular weight excluding hydrogens is 502 g/mol. The van der Waals surface area contributed by atoms with E-state index in [9.17, 15) is 9.59 Å². The second-order valence-corrected chi connectivity index (χ2v) is 10.7. The van der Waals surface area contributed by atoms with E-state index in [1.165, 1.54) is 0 Å². The molecule has 0 radical (unpaired) electrons. The Balaban J connectivity index is 0.00000336. The minimum atomic E-state index is -0.675. The van der Waals surface area contributed by atoms with E-state index in [1.54, 1.807) is 11.4 Å². The summed E-state index contributed by atoms with van der Waals surface area (Å²) >= 11 is 0. The van der Waals surface area contributed by atoms with E-state index in [1.807, 2.05) is 73.3 Å². The first-order valence-corrected chi connectivity index (χ1v) is 13.2. The normalized spacial score (nSPS) is 19.8. The third-order valence-electron chi connectivity index (χ3n) is 8.28. The molecule has 0 spiro atoms. The van der Waals surface area contributed by atoms with Crippen LogP contribution in [0.5, 0.6) is 0 Å². The second kappa shape index (κ2) is 10.9. The number of hydrogen-bond acceptors (Lipinski definition) is 6. The summed E-state index contributed by atoms with van der Waals surface area (Å²) in [7, 11) is 1.86. The summed E-state index contributed by atoms with van der Waals surface area (Å²) in [6, 6.07) is 11.9. The van der Waals surface area contributed by atoms with Crippen LogP contribution in [0, 0.1) is 6.92 Å². The number of hydrogen-bond donors (Lipinski definition) is 1. The summed E-state index contributed by atoms with van der Waals surface area (Å²) in [6.45, 7) is 8.49. The van der Waals surface area contributed by atoms with Crippen molar-refractivity contribution >= 4 is 35.7 Å². The van der Waals surface area contributed by atoms with Crippen LogP contribution in [0.15, 0.2) is 42.6 Å². The minimum Gasteiger partial charge on any atom is -0.355 e. The molecule has 2 amide bonds. The van der Waals surface area contributed by atoms with E-state index in [4.69, 9.17) is 15.8 Å². The van der Waals surface area contributed by atoms with Crippen LogP contribution >= 0.6 is 12.4 Å². The van der Waals surface area contributed by atoms with E-state index >= 15 is 0 Å². The quantitative estimate of drug-likeness (QED) is 0.535. The summed E-state index contributed by atoms with van der Waals surface area (Å²) in [5.41, 5.74) is 9.06. The van der Waals surface area contributed by atoms with E-state index < -0.39 is 5.41 Å². The van der Waals surface area contributed by atoms with Gasteiger partial charge in [0.1, 0.15) is 5.82 Å². The fourth-order valence-electron chi connectivity index (χ4n) is 5.82. The first kappa shape index (κ1) is 27.9. The van der Waals surface area contributed by atoms with Crippen molar-refractivity contribution in [2.75, 3.05) is 38.1 Å². The molecule has 2 aliphatic rings. The maximum absolute atomic E-state index is 14.2. The number of fused-ring (bicyclic) bond motifs is 1. The van der Waals surface area contributed by atoms with Gasteiger partial charge in [0, 0.05) is 64.0 Å². The van der Waals surface area contributed by atoms with Gasteiger partial charge in [-0.15, -0.1) is 12.4 Å². The smallest absolute Gasteiger partial charge is 0.233 e. The first-order valence-electron chi connectivity index (χ1n) is 13.2. The maximum atomic E-state index is 14.2. The lowest BCUT2D eigenvalue weighted by Gasteiger charge is -2.43. The third-order valence-corrected chi connectivity index (χ3v) is 8.28. The molecule has 0 saturated carbocycles. The molecule has 3 aromatic rings. The minimum absolute atomic E-state index is 0. The van der Waals surface area contributed by atoms with Gasteiger partial charge in [0.05, 0.1) is 17.2 Å². The summed E-state index contributed by atoms with van der Waals surface area (Å²) in [4.78, 5) is 37.0. The number of carbonyl (C=O) groups excluding carboxylic acids is 2. The number of nitrogens with zero attached hydrogens (tertiary/aromatic N) is 6. The molecule has 0 bridgehead atoms. The van der Waals surface area contributed by atoms with Crippen LogP contribution in [-0.2, 0) is 15.0 Å². The summed E-state index contributed by atoms with van der Waals surface area (Å²) in [6.07, 6.45) is 4.16. The highest BCUT2D eigenvalue weighted by Crippen LogP contribution is 2.39. The summed E-state index contributed by atoms with van der Waals surface area (Å²) in [5.74, 6) is 1.06. The Kier molecular flexibility index (Phi) is 7.99. The topological polar surface area (TPSA) is 100 Å². The van der Waals surface area contributed by atoms with Gasteiger partial charge >= 0.3 is 0 Å². The van der Waals surface area contributed by atoms with Crippen molar-refractivity contribution in [2.24, 2.45) is 5.73 Å². The molecular formula is C28H38ClN7O2. The molecule has 2 N–H and O–H groups in total. The van der Waals surface area contributed by atoms with Gasteiger partial charge in [-0.05, 0) is 38.7 Å². The van der Waals surface area contributed by atoms with Crippen molar-refractivity contribution in [1.82, 2.24) is 24.4 Å². The van der Waals surface area contributed by atoms with Crippen LogP contribution in [0.4, 0.5) is 5.82 Å². The number of carbonyl (C=O) groups is 2. The molecule has 9 nitrogen and oxygen atoms in total. The first-order chi connectivity index (χ1) is 17.7. The Morgan fingerprint density at radius 3 is 2.45 bits per heavy atom. The van der Waals surface area contributed by atoms with Crippen LogP contribution in [0.25, 0.3) is 5.65 Å². The van der Waals surface area contributed by atoms with Crippen molar-refractivity contribution in [3.05, 3.63) is 59.4 Å². The number of anilines is 1. The number of amides is 2. The molecule has 204 valence electrons. The fourth-order valence-corrected chi connectivity index (χ4v) is 5.82. The number of likely N-dealkylation sites (N-methyl/N-ethyl adjacent to an activating group) is 1. The van der Waals surface area contributed by atoms with E-state index in [-0.39, 0.29) is 36.3 Å². The largest absolute Gasteiger partial charge is 0.355 e. The van der Waals surface area contributed by atoms with E-state index in [0.717, 1.165) is 47.8 Å². The molecule has 4 heterocycles. The van der Waals surface area contributed by atoms with Gasteiger partial charge in [-0.1, -0.05) is 30.3 Å². The van der Waals surface area contributed by atoms with Gasteiger partial charge in [-0.2, -0.15) is 5.10 Å². The molecule has 38 heavy (non-hydrogen) atoms. The number of nitrogens with two attached hydrogens (primary N) is 1. The van der Waals surface area contributed by atoms with Gasteiger partial charge in [0.25, 0.3) is 0 Å². The lowest BCUT2D eigenvalue weighted by atomic mass is 9.71. The average molecular weight is 540 g/mol. The Labute approximate surface area is 230 Å². The fraction of sp³-hybridized carbons (Fsp3) is 0.500. The van der Waals surface area contributed by atoms with Crippen LogP contribution < -0.4 is 10.6 Å². The highest BCUT2D eigenvalue weighted by Gasteiger charge is 2.45. The molecule has 2 aliphatic heterocycles. The third kappa shape index (κ3) is 4.97. The molecule has 10 heteroatoms. The number of likely N-dealkylation sites (tertiary alicyclic amines) is 1. The number of benzene rings is 1. The van der Waals surface area contributed by atoms with Crippen molar-refractivity contribution in [3.63, 3.8) is 0 Å². The van der Waals surface area contributed by atoms with Gasteiger partial charge in [0.15, 0.2) is 5.65 Å². The zero-order chi connectivity index (χ0) is 26.3. The highest BCUT2D eigenvalue weighted by atomic mass is 35.5. The van der Waals surface area contributed by atoms with Gasteiger partial charge in [-0.25, -0.2) is 9.50 Å². The predicted molar refractivity (Wildman–Crippen MR) is 151 cm³/mol. The monoisotopic (exact) mass is 539 g/mol. The molecule has 2 aromatic heterocycles. The molecule has 0 unspecified atom stereocenters. The Bertz CT molecular complexity index is 1300. The lowest BCUT2D eigenvalue weighted by Crippen LogP contribution is -2.53. The van der Waals surface area contributed by atoms with Crippen molar-refractivity contribution in [1.29, 1.82) is 0 Å². The van der Waals surface area contributed by atoms with Crippen LogP contribution in [0.1, 0.15) is 56.0 Å². The van der Waals surface area contributed by atoms with Crippen molar-refractivity contribution < 1.29 is 9.59 Å². The van der Waals surface area contributed by atoms with E-state index in [2.05, 4.69) is 4.90 Å². The highest BCUT2D eigenvalue weighted by molar-refractivity contribution is 5.89. The Morgan fingerprint density at radius 1 is 1.16 bits per heavy atom. The van der Waals surface area contributed by atoms with Gasteiger partial charge in [0.2, 0.25) is 11.8 Å². The second-order valence-electron chi connectivity index (χ2n) is 10.7.